The summed E-state index contributed by atoms with van der Waals surface area (Å²) in [6.45, 7) is 1.61. The number of nitrogens with zero attached hydrogens (tertiary/aromatic N) is 2. The lowest BCUT2D eigenvalue weighted by molar-refractivity contribution is 0.0357. The Kier molecular flexibility index (Phi) is 5.15. The first kappa shape index (κ1) is 18.2. The number of aromatic nitrogens is 2. The highest BCUT2D eigenvalue weighted by molar-refractivity contribution is 5.63. The minimum atomic E-state index is -1.23. The summed E-state index contributed by atoms with van der Waals surface area (Å²) in [4.78, 5) is 0. The van der Waals surface area contributed by atoms with Crippen LogP contribution in [0.3, 0.4) is 0 Å². The molecule has 1 unspecified atom stereocenters. The SMILES string of the molecule is CC(O)(CCCO)c1cc(-c2ccc(F)cc2)n(-c2ccc(F)cc2)n1. The molecule has 0 spiro atoms. The molecule has 0 aliphatic rings. The fraction of sp³-hybridized carbons (Fsp3) is 0.250. The van der Waals surface area contributed by atoms with Crippen LogP contribution in [0, 0.1) is 11.6 Å². The maximum atomic E-state index is 13.3. The van der Waals surface area contributed by atoms with E-state index >= 15 is 0 Å². The highest BCUT2D eigenvalue weighted by Crippen LogP contribution is 2.31. The van der Waals surface area contributed by atoms with Crippen molar-refractivity contribution >= 4 is 0 Å². The summed E-state index contributed by atoms with van der Waals surface area (Å²) in [6.07, 6.45) is 0.773. The third-order valence-corrected chi connectivity index (χ3v) is 4.29. The monoisotopic (exact) mass is 358 g/mol. The normalized spacial score (nSPS) is 13.6. The highest BCUT2D eigenvalue weighted by Gasteiger charge is 2.27. The zero-order valence-corrected chi connectivity index (χ0v) is 14.4. The van der Waals surface area contributed by atoms with Crippen LogP contribution in [0.15, 0.2) is 54.6 Å². The topological polar surface area (TPSA) is 58.3 Å². The average Bonchev–Trinajstić information content (AvgIpc) is 3.07. The van der Waals surface area contributed by atoms with Crippen molar-refractivity contribution in [2.24, 2.45) is 0 Å². The van der Waals surface area contributed by atoms with Gasteiger partial charge < -0.3 is 10.2 Å². The standard InChI is InChI=1S/C20H20F2N2O2/c1-20(26,11-2-12-25)19-13-18(14-3-5-15(21)6-4-14)24(23-19)17-9-7-16(22)8-10-17/h3-10,13,25-26H,2,11-12H2,1H3. The quantitative estimate of drug-likeness (QED) is 0.705. The molecule has 0 amide bonds. The molecule has 2 aromatic carbocycles. The molecule has 1 heterocycles. The summed E-state index contributed by atoms with van der Waals surface area (Å²) in [5, 5.41) is 24.3. The lowest BCUT2D eigenvalue weighted by Crippen LogP contribution is -2.22. The molecule has 136 valence electrons. The summed E-state index contributed by atoms with van der Waals surface area (Å²) in [5.74, 6) is -0.712. The van der Waals surface area contributed by atoms with Gasteiger partial charge >= 0.3 is 0 Å². The smallest absolute Gasteiger partial charge is 0.123 e. The maximum absolute atomic E-state index is 13.3. The van der Waals surface area contributed by atoms with E-state index in [9.17, 15) is 13.9 Å². The summed E-state index contributed by atoms with van der Waals surface area (Å²) >= 11 is 0. The molecule has 0 aliphatic carbocycles. The molecule has 3 rings (SSSR count). The van der Waals surface area contributed by atoms with Gasteiger partial charge in [-0.2, -0.15) is 5.10 Å². The van der Waals surface area contributed by atoms with Crippen molar-refractivity contribution in [3.63, 3.8) is 0 Å². The molecule has 0 saturated carbocycles. The Morgan fingerprint density at radius 2 is 1.58 bits per heavy atom. The van der Waals surface area contributed by atoms with Crippen LogP contribution in [0.2, 0.25) is 0 Å². The van der Waals surface area contributed by atoms with Gasteiger partial charge in [-0.05, 0) is 74.4 Å². The Morgan fingerprint density at radius 1 is 1.00 bits per heavy atom. The summed E-state index contributed by atoms with van der Waals surface area (Å²) in [6, 6.07) is 13.5. The number of aliphatic hydroxyl groups excluding tert-OH is 1. The van der Waals surface area contributed by atoms with E-state index in [2.05, 4.69) is 5.10 Å². The molecule has 26 heavy (non-hydrogen) atoms. The van der Waals surface area contributed by atoms with E-state index in [1.54, 1.807) is 41.9 Å². The molecule has 3 aromatic rings. The van der Waals surface area contributed by atoms with E-state index < -0.39 is 5.60 Å². The predicted octanol–water partition coefficient (Wildman–Crippen LogP) is 3.80. The Hall–Kier alpha value is -2.57. The predicted molar refractivity (Wildman–Crippen MR) is 94.8 cm³/mol. The fourth-order valence-corrected chi connectivity index (χ4v) is 2.80. The summed E-state index contributed by atoms with van der Waals surface area (Å²) in [7, 11) is 0. The lowest BCUT2D eigenvalue weighted by Gasteiger charge is -2.20. The van der Waals surface area contributed by atoms with E-state index in [1.807, 2.05) is 0 Å². The van der Waals surface area contributed by atoms with Gasteiger partial charge in [0.2, 0.25) is 0 Å². The van der Waals surface area contributed by atoms with Gasteiger partial charge in [-0.1, -0.05) is 0 Å². The molecular formula is C20H20F2N2O2. The molecule has 0 fully saturated rings. The third-order valence-electron chi connectivity index (χ3n) is 4.29. The Labute approximate surface area is 150 Å². The van der Waals surface area contributed by atoms with Crippen molar-refractivity contribution in [3.8, 4) is 16.9 Å². The molecule has 0 saturated heterocycles. The van der Waals surface area contributed by atoms with Gasteiger partial charge in [0.15, 0.2) is 0 Å². The van der Waals surface area contributed by atoms with Crippen molar-refractivity contribution in [2.75, 3.05) is 6.61 Å². The number of hydrogen-bond donors (Lipinski definition) is 2. The van der Waals surface area contributed by atoms with Crippen molar-refractivity contribution < 1.29 is 19.0 Å². The van der Waals surface area contributed by atoms with Crippen LogP contribution < -0.4 is 0 Å². The maximum Gasteiger partial charge on any atom is 0.123 e. The van der Waals surface area contributed by atoms with Crippen LogP contribution in [0.25, 0.3) is 16.9 Å². The number of aliphatic hydroxyl groups is 2. The van der Waals surface area contributed by atoms with Crippen LogP contribution in [0.1, 0.15) is 25.5 Å². The summed E-state index contributed by atoms with van der Waals surface area (Å²) < 4.78 is 28.1. The molecule has 6 heteroatoms. The van der Waals surface area contributed by atoms with Gasteiger partial charge in [-0.15, -0.1) is 0 Å². The Morgan fingerprint density at radius 3 is 2.15 bits per heavy atom. The van der Waals surface area contributed by atoms with Gasteiger partial charge in [-0.25, -0.2) is 13.5 Å². The minimum absolute atomic E-state index is 0.0281. The van der Waals surface area contributed by atoms with Crippen LogP contribution >= 0.6 is 0 Å². The average molecular weight is 358 g/mol. The second-order valence-electron chi connectivity index (χ2n) is 6.41. The van der Waals surface area contributed by atoms with Gasteiger partial charge in [0.1, 0.15) is 17.2 Å². The van der Waals surface area contributed by atoms with Crippen molar-refractivity contribution in [1.29, 1.82) is 0 Å². The first-order valence-corrected chi connectivity index (χ1v) is 8.36. The molecule has 1 atom stereocenters. The van der Waals surface area contributed by atoms with Crippen LogP contribution in [-0.2, 0) is 5.60 Å². The second-order valence-corrected chi connectivity index (χ2v) is 6.41. The fourth-order valence-electron chi connectivity index (χ4n) is 2.80. The van der Waals surface area contributed by atoms with E-state index in [0.29, 0.717) is 35.5 Å². The van der Waals surface area contributed by atoms with Gasteiger partial charge in [0.05, 0.1) is 17.1 Å². The van der Waals surface area contributed by atoms with E-state index in [0.717, 1.165) is 0 Å². The van der Waals surface area contributed by atoms with Gasteiger partial charge in [0.25, 0.3) is 0 Å². The van der Waals surface area contributed by atoms with Crippen molar-refractivity contribution in [2.45, 2.75) is 25.4 Å². The molecule has 4 nitrogen and oxygen atoms in total. The molecular weight excluding hydrogens is 338 g/mol. The largest absolute Gasteiger partial charge is 0.396 e. The minimum Gasteiger partial charge on any atom is -0.396 e. The number of hydrogen-bond acceptors (Lipinski definition) is 3. The molecule has 1 aromatic heterocycles. The molecule has 0 aliphatic heterocycles. The second kappa shape index (κ2) is 7.35. The Bertz CT molecular complexity index is 809. The zero-order valence-electron chi connectivity index (χ0n) is 14.4. The van der Waals surface area contributed by atoms with E-state index in [-0.39, 0.29) is 18.2 Å². The number of rotatable bonds is 6. The molecule has 0 bridgehead atoms. The molecule has 2 N–H and O–H groups in total. The highest BCUT2D eigenvalue weighted by atomic mass is 19.1. The van der Waals surface area contributed by atoms with Crippen molar-refractivity contribution in [1.82, 2.24) is 9.78 Å². The lowest BCUT2D eigenvalue weighted by atomic mass is 9.96. The first-order chi connectivity index (χ1) is 12.4. The zero-order chi connectivity index (χ0) is 18.7. The van der Waals surface area contributed by atoms with Crippen LogP contribution in [0.5, 0.6) is 0 Å². The first-order valence-electron chi connectivity index (χ1n) is 8.36. The van der Waals surface area contributed by atoms with Crippen molar-refractivity contribution in [3.05, 3.63) is 71.9 Å². The van der Waals surface area contributed by atoms with Gasteiger partial charge in [0, 0.05) is 12.2 Å². The summed E-state index contributed by atoms with van der Waals surface area (Å²) in [5.41, 5.74) is 1.18. The molecule has 0 radical (unpaired) electrons. The number of halogens is 2. The van der Waals surface area contributed by atoms with Crippen LogP contribution in [-0.4, -0.2) is 26.6 Å². The number of benzene rings is 2. The van der Waals surface area contributed by atoms with E-state index in [4.69, 9.17) is 5.11 Å². The Balaban J connectivity index is 2.11. The van der Waals surface area contributed by atoms with E-state index in [1.165, 1.54) is 24.3 Å². The van der Waals surface area contributed by atoms with Gasteiger partial charge in [-0.3, -0.25) is 0 Å². The van der Waals surface area contributed by atoms with Crippen LogP contribution in [0.4, 0.5) is 8.78 Å². The third kappa shape index (κ3) is 3.81.